The van der Waals surface area contributed by atoms with Crippen molar-refractivity contribution in [1.29, 1.82) is 0 Å². The van der Waals surface area contributed by atoms with Crippen LogP contribution < -0.4 is 14.4 Å². The SMILES string of the molecule is c1cn(-c2ccc3c(c2)OCO3)c(-c2cnc(N3CCCC3)s2)n1. The Hall–Kier alpha value is -2.54. The van der Waals surface area contributed by atoms with Gasteiger partial charge in [0.2, 0.25) is 6.79 Å². The predicted molar refractivity (Wildman–Crippen MR) is 92.2 cm³/mol. The minimum Gasteiger partial charge on any atom is -0.454 e. The number of anilines is 1. The summed E-state index contributed by atoms with van der Waals surface area (Å²) in [5.74, 6) is 2.46. The number of aromatic nitrogens is 3. The van der Waals surface area contributed by atoms with Gasteiger partial charge in [-0.3, -0.25) is 4.57 Å². The number of thiazole rings is 1. The first-order valence-corrected chi connectivity index (χ1v) is 8.85. The molecule has 2 aromatic heterocycles. The summed E-state index contributed by atoms with van der Waals surface area (Å²) in [5, 5.41) is 1.09. The molecular formula is C17H16N4O2S. The Morgan fingerprint density at radius 1 is 1.04 bits per heavy atom. The monoisotopic (exact) mass is 340 g/mol. The highest BCUT2D eigenvalue weighted by atomic mass is 32.1. The molecule has 0 bridgehead atoms. The average molecular weight is 340 g/mol. The van der Waals surface area contributed by atoms with Gasteiger partial charge in [-0.2, -0.15) is 0 Å². The van der Waals surface area contributed by atoms with Crippen LogP contribution in [-0.4, -0.2) is 34.4 Å². The zero-order valence-corrected chi connectivity index (χ0v) is 13.8. The molecule has 6 nitrogen and oxygen atoms in total. The number of benzene rings is 1. The normalized spacial score (nSPS) is 16.1. The van der Waals surface area contributed by atoms with E-state index in [0.717, 1.165) is 46.1 Å². The van der Waals surface area contributed by atoms with E-state index in [-0.39, 0.29) is 6.79 Å². The van der Waals surface area contributed by atoms with Crippen molar-refractivity contribution >= 4 is 16.5 Å². The summed E-state index contributed by atoms with van der Waals surface area (Å²) in [7, 11) is 0. The van der Waals surface area contributed by atoms with Crippen LogP contribution in [0.4, 0.5) is 5.13 Å². The third-order valence-corrected chi connectivity index (χ3v) is 5.42. The van der Waals surface area contributed by atoms with Crippen LogP contribution in [0.15, 0.2) is 36.8 Å². The second-order valence-corrected chi connectivity index (χ2v) is 6.87. The Kier molecular flexibility index (Phi) is 3.19. The quantitative estimate of drug-likeness (QED) is 0.732. The molecule has 2 aliphatic heterocycles. The fraction of sp³-hybridized carbons (Fsp3) is 0.294. The van der Waals surface area contributed by atoms with Crippen molar-refractivity contribution in [2.24, 2.45) is 0 Å². The molecule has 5 rings (SSSR count). The van der Waals surface area contributed by atoms with E-state index in [2.05, 4.69) is 19.4 Å². The third kappa shape index (κ3) is 2.24. The largest absolute Gasteiger partial charge is 0.454 e. The number of hydrogen-bond acceptors (Lipinski definition) is 6. The molecule has 0 radical (unpaired) electrons. The lowest BCUT2D eigenvalue weighted by Gasteiger charge is -2.12. The summed E-state index contributed by atoms with van der Waals surface area (Å²) in [6.07, 6.45) is 8.20. The molecule has 0 unspecified atom stereocenters. The highest BCUT2D eigenvalue weighted by Gasteiger charge is 2.19. The molecule has 24 heavy (non-hydrogen) atoms. The van der Waals surface area contributed by atoms with Crippen LogP contribution in [-0.2, 0) is 0 Å². The summed E-state index contributed by atoms with van der Waals surface area (Å²) < 4.78 is 12.9. The molecule has 7 heteroatoms. The highest BCUT2D eigenvalue weighted by Crippen LogP contribution is 2.36. The van der Waals surface area contributed by atoms with E-state index in [1.807, 2.05) is 36.8 Å². The predicted octanol–water partition coefficient (Wildman–Crippen LogP) is 3.32. The van der Waals surface area contributed by atoms with E-state index in [1.54, 1.807) is 11.3 Å². The number of ether oxygens (including phenoxy) is 2. The Morgan fingerprint density at radius 3 is 2.83 bits per heavy atom. The Morgan fingerprint density at radius 2 is 1.92 bits per heavy atom. The zero-order valence-electron chi connectivity index (χ0n) is 13.0. The zero-order chi connectivity index (χ0) is 15.9. The van der Waals surface area contributed by atoms with Crippen LogP contribution >= 0.6 is 11.3 Å². The van der Waals surface area contributed by atoms with Gasteiger partial charge in [0.15, 0.2) is 22.5 Å². The molecule has 0 atom stereocenters. The minimum atomic E-state index is 0.281. The van der Waals surface area contributed by atoms with Crippen molar-refractivity contribution in [3.63, 3.8) is 0 Å². The Labute approximate surface area is 143 Å². The maximum atomic E-state index is 5.48. The second-order valence-electron chi connectivity index (χ2n) is 5.86. The van der Waals surface area contributed by atoms with Crippen LogP contribution in [0.3, 0.4) is 0 Å². The molecule has 0 N–H and O–H groups in total. The van der Waals surface area contributed by atoms with Crippen LogP contribution in [0.2, 0.25) is 0 Å². The first kappa shape index (κ1) is 13.9. The lowest BCUT2D eigenvalue weighted by atomic mass is 10.2. The molecule has 0 amide bonds. The molecular weight excluding hydrogens is 324 g/mol. The first-order valence-electron chi connectivity index (χ1n) is 8.03. The maximum absolute atomic E-state index is 5.48. The fourth-order valence-electron chi connectivity index (χ4n) is 3.15. The van der Waals surface area contributed by atoms with Crippen molar-refractivity contribution in [1.82, 2.24) is 14.5 Å². The molecule has 0 saturated carbocycles. The highest BCUT2D eigenvalue weighted by molar-refractivity contribution is 7.18. The Balaban J connectivity index is 1.51. The average Bonchev–Trinajstić information content (AvgIpc) is 3.41. The van der Waals surface area contributed by atoms with Gasteiger partial charge < -0.3 is 14.4 Å². The van der Waals surface area contributed by atoms with Crippen LogP contribution in [0.5, 0.6) is 11.5 Å². The van der Waals surface area contributed by atoms with Gasteiger partial charge in [-0.15, -0.1) is 0 Å². The molecule has 122 valence electrons. The second kappa shape index (κ2) is 5.52. The summed E-state index contributed by atoms with van der Waals surface area (Å²) in [6.45, 7) is 2.48. The fourth-order valence-corrected chi connectivity index (χ4v) is 4.11. The molecule has 1 fully saturated rings. The van der Waals surface area contributed by atoms with E-state index < -0.39 is 0 Å². The van der Waals surface area contributed by atoms with Gasteiger partial charge in [0, 0.05) is 31.5 Å². The topological polar surface area (TPSA) is 52.4 Å². The number of imidazole rings is 1. The summed E-state index contributed by atoms with van der Waals surface area (Å²) in [5.41, 5.74) is 1.00. The maximum Gasteiger partial charge on any atom is 0.231 e. The summed E-state index contributed by atoms with van der Waals surface area (Å²) in [6, 6.07) is 5.93. The lowest BCUT2D eigenvalue weighted by molar-refractivity contribution is 0.174. The van der Waals surface area contributed by atoms with E-state index >= 15 is 0 Å². The van der Waals surface area contributed by atoms with Gasteiger partial charge in [0.25, 0.3) is 0 Å². The van der Waals surface area contributed by atoms with Gasteiger partial charge in [-0.25, -0.2) is 9.97 Å². The van der Waals surface area contributed by atoms with Gasteiger partial charge >= 0.3 is 0 Å². The number of hydrogen-bond donors (Lipinski definition) is 0. The van der Waals surface area contributed by atoms with Crippen LogP contribution in [0.25, 0.3) is 16.4 Å². The Bertz CT molecular complexity index is 882. The van der Waals surface area contributed by atoms with Gasteiger partial charge in [0.1, 0.15) is 0 Å². The molecule has 2 aliphatic rings. The van der Waals surface area contributed by atoms with Crippen molar-refractivity contribution < 1.29 is 9.47 Å². The summed E-state index contributed by atoms with van der Waals surface area (Å²) >= 11 is 1.70. The van der Waals surface area contributed by atoms with Crippen molar-refractivity contribution in [3.05, 3.63) is 36.8 Å². The van der Waals surface area contributed by atoms with Crippen molar-refractivity contribution in [2.75, 3.05) is 24.8 Å². The number of rotatable bonds is 3. The van der Waals surface area contributed by atoms with Crippen LogP contribution in [0, 0.1) is 0 Å². The van der Waals surface area contributed by atoms with Crippen LogP contribution in [0.1, 0.15) is 12.8 Å². The van der Waals surface area contributed by atoms with Gasteiger partial charge in [-0.1, -0.05) is 11.3 Å². The minimum absolute atomic E-state index is 0.281. The first-order chi connectivity index (χ1) is 11.9. The third-order valence-electron chi connectivity index (χ3n) is 4.37. The van der Waals surface area contributed by atoms with E-state index in [1.165, 1.54) is 12.8 Å². The lowest BCUT2D eigenvalue weighted by Crippen LogP contribution is -2.16. The van der Waals surface area contributed by atoms with Crippen molar-refractivity contribution in [2.45, 2.75) is 12.8 Å². The molecule has 1 saturated heterocycles. The number of fused-ring (bicyclic) bond motifs is 1. The van der Waals surface area contributed by atoms with Gasteiger partial charge in [-0.05, 0) is 25.0 Å². The van der Waals surface area contributed by atoms with E-state index in [9.17, 15) is 0 Å². The van der Waals surface area contributed by atoms with Crippen molar-refractivity contribution in [3.8, 4) is 27.9 Å². The molecule has 0 spiro atoms. The summed E-state index contributed by atoms with van der Waals surface area (Å²) in [4.78, 5) is 12.6. The molecule has 4 heterocycles. The van der Waals surface area contributed by atoms with Gasteiger partial charge in [0.05, 0.1) is 16.8 Å². The smallest absolute Gasteiger partial charge is 0.231 e. The van der Waals surface area contributed by atoms with E-state index in [0.29, 0.717) is 0 Å². The number of nitrogens with zero attached hydrogens (tertiary/aromatic N) is 4. The van der Waals surface area contributed by atoms with E-state index in [4.69, 9.17) is 9.47 Å². The molecule has 1 aromatic carbocycles. The standard InChI is InChI=1S/C17H16N4O2S/c1-2-7-20(6-1)17-19-10-15(24-17)16-18-5-8-21(16)12-3-4-13-14(9-12)23-11-22-13/h3-5,8-10H,1-2,6-7,11H2. The molecule has 0 aliphatic carbocycles. The molecule has 3 aromatic rings.